The fourth-order valence-electron chi connectivity index (χ4n) is 2.76. The molecule has 2 rings (SSSR count). The molecule has 148 valence electrons. The SMILES string of the molecule is CCNC(=NCc1oc2ccc(F)cc2c1C)N(C)CC(=O)NC(C)(C)C. The molecule has 0 radical (unpaired) electrons. The van der Waals surface area contributed by atoms with E-state index in [4.69, 9.17) is 4.42 Å². The van der Waals surface area contributed by atoms with Crippen molar-refractivity contribution in [3.63, 3.8) is 0 Å². The maximum atomic E-state index is 13.5. The van der Waals surface area contributed by atoms with E-state index in [9.17, 15) is 9.18 Å². The van der Waals surface area contributed by atoms with Gasteiger partial charge in [-0.15, -0.1) is 0 Å². The van der Waals surface area contributed by atoms with Crippen LogP contribution in [0.25, 0.3) is 11.0 Å². The number of hydrogen-bond donors (Lipinski definition) is 2. The highest BCUT2D eigenvalue weighted by molar-refractivity contribution is 5.87. The van der Waals surface area contributed by atoms with Gasteiger partial charge in [-0.2, -0.15) is 0 Å². The molecule has 7 heteroatoms. The molecule has 0 unspecified atom stereocenters. The second-order valence-corrected chi connectivity index (χ2v) is 7.62. The molecule has 6 nitrogen and oxygen atoms in total. The number of halogens is 1. The monoisotopic (exact) mass is 376 g/mol. The van der Waals surface area contributed by atoms with E-state index >= 15 is 0 Å². The number of hydrogen-bond acceptors (Lipinski definition) is 3. The molecule has 0 saturated carbocycles. The predicted molar refractivity (Wildman–Crippen MR) is 106 cm³/mol. The average molecular weight is 376 g/mol. The van der Waals surface area contributed by atoms with Gasteiger partial charge in [0.25, 0.3) is 0 Å². The lowest BCUT2D eigenvalue weighted by molar-refractivity contribution is -0.122. The fraction of sp³-hybridized carbons (Fsp3) is 0.500. The Balaban J connectivity index is 2.15. The molecule has 2 N–H and O–H groups in total. The molecule has 0 saturated heterocycles. The molecule has 2 aromatic rings. The molecular weight excluding hydrogens is 347 g/mol. The average Bonchev–Trinajstić information content (AvgIpc) is 2.85. The minimum Gasteiger partial charge on any atom is -0.459 e. The van der Waals surface area contributed by atoms with Crippen LogP contribution in [-0.4, -0.2) is 42.4 Å². The molecule has 0 aliphatic carbocycles. The lowest BCUT2D eigenvalue weighted by Gasteiger charge is -2.25. The van der Waals surface area contributed by atoms with Gasteiger partial charge in [-0.1, -0.05) is 0 Å². The maximum absolute atomic E-state index is 13.5. The highest BCUT2D eigenvalue weighted by Gasteiger charge is 2.17. The third-order valence-electron chi connectivity index (χ3n) is 3.96. The van der Waals surface area contributed by atoms with Crippen molar-refractivity contribution in [3.8, 4) is 0 Å². The van der Waals surface area contributed by atoms with E-state index in [0.29, 0.717) is 30.4 Å². The summed E-state index contributed by atoms with van der Waals surface area (Å²) in [6.07, 6.45) is 0. The molecular formula is C20H29FN4O2. The van der Waals surface area contributed by atoms with Gasteiger partial charge in [0, 0.05) is 30.1 Å². The summed E-state index contributed by atoms with van der Waals surface area (Å²) in [6, 6.07) is 4.47. The molecule has 0 aliphatic heterocycles. The molecule has 1 amide bonds. The number of nitrogens with zero attached hydrogens (tertiary/aromatic N) is 2. The van der Waals surface area contributed by atoms with Gasteiger partial charge in [0.1, 0.15) is 23.7 Å². The lowest BCUT2D eigenvalue weighted by Crippen LogP contribution is -2.48. The number of aryl methyl sites for hydroxylation is 1. The zero-order valence-corrected chi connectivity index (χ0v) is 16.9. The van der Waals surface area contributed by atoms with Crippen molar-refractivity contribution in [2.75, 3.05) is 20.1 Å². The Morgan fingerprint density at radius 3 is 2.67 bits per heavy atom. The van der Waals surface area contributed by atoms with Gasteiger partial charge in [-0.25, -0.2) is 9.38 Å². The number of rotatable bonds is 5. The number of carbonyl (C=O) groups excluding carboxylic acids is 1. The van der Waals surface area contributed by atoms with E-state index in [1.807, 2.05) is 41.7 Å². The van der Waals surface area contributed by atoms with Crippen molar-refractivity contribution in [3.05, 3.63) is 35.3 Å². The molecule has 0 bridgehead atoms. The summed E-state index contributed by atoms with van der Waals surface area (Å²) in [4.78, 5) is 18.5. The number of benzene rings is 1. The lowest BCUT2D eigenvalue weighted by atomic mass is 10.1. The molecule has 1 heterocycles. The van der Waals surface area contributed by atoms with Gasteiger partial charge in [-0.3, -0.25) is 4.79 Å². The number of furan rings is 1. The van der Waals surface area contributed by atoms with E-state index in [1.165, 1.54) is 12.1 Å². The summed E-state index contributed by atoms with van der Waals surface area (Å²) in [5, 5.41) is 6.87. The van der Waals surface area contributed by atoms with Crippen LogP contribution in [0.4, 0.5) is 4.39 Å². The standard InChI is InChI=1S/C20H29FN4O2/c1-7-22-19(25(6)12-18(26)24-20(3,4)5)23-11-17-13(2)15-10-14(21)8-9-16(15)27-17/h8-10H,7,11-12H2,1-6H3,(H,22,23)(H,24,26). The largest absolute Gasteiger partial charge is 0.459 e. The van der Waals surface area contributed by atoms with Gasteiger partial charge < -0.3 is 20.0 Å². The van der Waals surface area contributed by atoms with E-state index in [-0.39, 0.29) is 23.8 Å². The van der Waals surface area contributed by atoms with E-state index < -0.39 is 0 Å². The Bertz CT molecular complexity index is 836. The van der Waals surface area contributed by atoms with Crippen molar-refractivity contribution < 1.29 is 13.6 Å². The molecule has 0 fully saturated rings. The Morgan fingerprint density at radius 2 is 2.04 bits per heavy atom. The molecule has 1 aromatic carbocycles. The third-order valence-corrected chi connectivity index (χ3v) is 3.96. The van der Waals surface area contributed by atoms with Gasteiger partial charge in [0.15, 0.2) is 5.96 Å². The Hall–Kier alpha value is -2.57. The smallest absolute Gasteiger partial charge is 0.240 e. The van der Waals surface area contributed by atoms with Crippen LogP contribution in [0.5, 0.6) is 0 Å². The van der Waals surface area contributed by atoms with Crippen LogP contribution in [0, 0.1) is 12.7 Å². The van der Waals surface area contributed by atoms with Crippen molar-refractivity contribution >= 4 is 22.8 Å². The zero-order valence-electron chi connectivity index (χ0n) is 16.9. The maximum Gasteiger partial charge on any atom is 0.240 e. The summed E-state index contributed by atoms with van der Waals surface area (Å²) in [5.41, 5.74) is 1.23. The minimum atomic E-state index is -0.292. The number of aliphatic imine (C=N–C) groups is 1. The van der Waals surface area contributed by atoms with Crippen LogP contribution in [-0.2, 0) is 11.3 Å². The van der Waals surface area contributed by atoms with Crippen LogP contribution in [0.15, 0.2) is 27.6 Å². The highest BCUT2D eigenvalue weighted by atomic mass is 19.1. The minimum absolute atomic E-state index is 0.0778. The first-order valence-corrected chi connectivity index (χ1v) is 9.08. The summed E-state index contributed by atoms with van der Waals surface area (Å²) in [7, 11) is 1.81. The van der Waals surface area contributed by atoms with Crippen LogP contribution >= 0.6 is 0 Å². The number of carbonyl (C=O) groups is 1. The van der Waals surface area contributed by atoms with Crippen molar-refractivity contribution in [2.45, 2.75) is 46.7 Å². The Kier molecular flexibility index (Phi) is 6.46. The summed E-state index contributed by atoms with van der Waals surface area (Å²) < 4.78 is 19.3. The highest BCUT2D eigenvalue weighted by Crippen LogP contribution is 2.26. The van der Waals surface area contributed by atoms with Crippen molar-refractivity contribution in [2.24, 2.45) is 4.99 Å². The number of fused-ring (bicyclic) bond motifs is 1. The summed E-state index contributed by atoms with van der Waals surface area (Å²) in [5.74, 6) is 0.913. The van der Waals surface area contributed by atoms with Gasteiger partial charge in [0.2, 0.25) is 5.91 Å². The first-order valence-electron chi connectivity index (χ1n) is 9.08. The summed E-state index contributed by atoms with van der Waals surface area (Å²) >= 11 is 0. The quantitative estimate of drug-likeness (QED) is 0.621. The van der Waals surface area contributed by atoms with Gasteiger partial charge in [0.05, 0.1) is 6.54 Å². The summed E-state index contributed by atoms with van der Waals surface area (Å²) in [6.45, 7) is 10.8. The van der Waals surface area contributed by atoms with Gasteiger partial charge in [-0.05, 0) is 52.8 Å². The molecule has 0 spiro atoms. The third kappa shape index (κ3) is 5.70. The Morgan fingerprint density at radius 1 is 1.33 bits per heavy atom. The number of likely N-dealkylation sites (N-methyl/N-ethyl adjacent to an activating group) is 1. The fourth-order valence-corrected chi connectivity index (χ4v) is 2.76. The predicted octanol–water partition coefficient (Wildman–Crippen LogP) is 3.19. The molecule has 27 heavy (non-hydrogen) atoms. The Labute approximate surface area is 159 Å². The van der Waals surface area contributed by atoms with Crippen LogP contribution in [0.1, 0.15) is 39.0 Å². The first kappa shape index (κ1) is 20.7. The van der Waals surface area contributed by atoms with Crippen LogP contribution < -0.4 is 10.6 Å². The van der Waals surface area contributed by atoms with Gasteiger partial charge >= 0.3 is 0 Å². The normalized spacial score (nSPS) is 12.3. The molecule has 0 atom stereocenters. The van der Waals surface area contributed by atoms with Crippen molar-refractivity contribution in [1.29, 1.82) is 0 Å². The van der Waals surface area contributed by atoms with Crippen molar-refractivity contribution in [1.82, 2.24) is 15.5 Å². The first-order chi connectivity index (χ1) is 12.6. The van der Waals surface area contributed by atoms with E-state index in [2.05, 4.69) is 15.6 Å². The zero-order chi connectivity index (χ0) is 20.2. The molecule has 0 aliphatic rings. The number of nitrogens with one attached hydrogen (secondary N) is 2. The number of amides is 1. The number of guanidine groups is 1. The van der Waals surface area contributed by atoms with E-state index in [0.717, 1.165) is 10.9 Å². The van der Waals surface area contributed by atoms with Crippen LogP contribution in [0.2, 0.25) is 0 Å². The second kappa shape index (κ2) is 8.41. The topological polar surface area (TPSA) is 69.9 Å². The second-order valence-electron chi connectivity index (χ2n) is 7.62. The van der Waals surface area contributed by atoms with Crippen LogP contribution in [0.3, 0.4) is 0 Å². The van der Waals surface area contributed by atoms with E-state index in [1.54, 1.807) is 11.0 Å². The molecule has 1 aromatic heterocycles.